The van der Waals surface area contributed by atoms with Crippen molar-refractivity contribution in [1.29, 1.82) is 0 Å². The zero-order valence-corrected chi connectivity index (χ0v) is 7.88. The van der Waals surface area contributed by atoms with E-state index in [1.165, 1.54) is 0 Å². The number of nitrogens with one attached hydrogen (secondary N) is 1. The van der Waals surface area contributed by atoms with Gasteiger partial charge in [-0.3, -0.25) is 9.59 Å². The zero-order chi connectivity index (χ0) is 11.3. The quantitative estimate of drug-likeness (QED) is 0.618. The Hall–Kier alpha value is -1.88. The summed E-state index contributed by atoms with van der Waals surface area (Å²) in [5, 5.41) is 19.7. The predicted octanol–water partition coefficient (Wildman–Crippen LogP) is 0.209. The molecule has 0 aliphatic carbocycles. The highest BCUT2D eigenvalue weighted by Crippen LogP contribution is 1.99. The van der Waals surface area contributed by atoms with Gasteiger partial charge in [-0.2, -0.15) is 0 Å². The van der Waals surface area contributed by atoms with E-state index >= 15 is 0 Å². The van der Waals surface area contributed by atoms with Gasteiger partial charge in [0.25, 0.3) is 5.91 Å². The first-order chi connectivity index (χ1) is 7.09. The van der Waals surface area contributed by atoms with Crippen LogP contribution in [0.1, 0.15) is 16.8 Å². The van der Waals surface area contributed by atoms with Crippen LogP contribution in [0.5, 0.6) is 0 Å². The molecule has 0 saturated carbocycles. The summed E-state index contributed by atoms with van der Waals surface area (Å²) in [5.41, 5.74) is 0.377. The zero-order valence-electron chi connectivity index (χ0n) is 7.88. The Morgan fingerprint density at radius 2 is 1.87 bits per heavy atom. The number of hydrogen-bond acceptors (Lipinski definition) is 3. The van der Waals surface area contributed by atoms with E-state index < -0.39 is 24.5 Å². The molecule has 1 aromatic rings. The van der Waals surface area contributed by atoms with Gasteiger partial charge in [0.1, 0.15) is 6.23 Å². The highest BCUT2D eigenvalue weighted by atomic mass is 16.4. The number of benzene rings is 1. The topological polar surface area (TPSA) is 86.6 Å². The summed E-state index contributed by atoms with van der Waals surface area (Å²) in [6.07, 6.45) is -1.88. The van der Waals surface area contributed by atoms with Crippen molar-refractivity contribution in [3.63, 3.8) is 0 Å². The molecule has 80 valence electrons. The van der Waals surface area contributed by atoms with Gasteiger partial charge >= 0.3 is 5.97 Å². The van der Waals surface area contributed by atoms with Crippen molar-refractivity contribution in [3.8, 4) is 0 Å². The third kappa shape index (κ3) is 3.78. The van der Waals surface area contributed by atoms with Crippen LogP contribution in [0, 0.1) is 0 Å². The van der Waals surface area contributed by atoms with Crippen LogP contribution in [0.3, 0.4) is 0 Å². The van der Waals surface area contributed by atoms with Gasteiger partial charge in [-0.25, -0.2) is 0 Å². The molecule has 5 heteroatoms. The second-order valence-electron chi connectivity index (χ2n) is 2.95. The molecule has 0 aromatic heterocycles. The molecular formula is C10H11NO4. The molecule has 0 heterocycles. The first kappa shape index (κ1) is 11.2. The molecule has 1 aromatic carbocycles. The largest absolute Gasteiger partial charge is 0.481 e. The molecule has 1 amide bonds. The van der Waals surface area contributed by atoms with Gasteiger partial charge in [0.05, 0.1) is 6.42 Å². The number of carbonyl (C=O) groups excluding carboxylic acids is 1. The van der Waals surface area contributed by atoms with Gasteiger partial charge in [-0.15, -0.1) is 0 Å². The maximum atomic E-state index is 11.4. The summed E-state index contributed by atoms with van der Waals surface area (Å²) in [4.78, 5) is 21.6. The number of carboxylic acid groups (broad SMARTS) is 1. The Bertz CT molecular complexity index is 350. The lowest BCUT2D eigenvalue weighted by molar-refractivity contribution is -0.139. The number of carbonyl (C=O) groups is 2. The second kappa shape index (κ2) is 5.11. The Kier molecular flexibility index (Phi) is 3.82. The Morgan fingerprint density at radius 1 is 1.27 bits per heavy atom. The van der Waals surface area contributed by atoms with E-state index in [2.05, 4.69) is 5.32 Å². The van der Waals surface area contributed by atoms with Gasteiger partial charge < -0.3 is 15.5 Å². The summed E-state index contributed by atoms with van der Waals surface area (Å²) in [7, 11) is 0. The smallest absolute Gasteiger partial charge is 0.307 e. The number of aliphatic hydroxyl groups is 1. The molecule has 0 saturated heterocycles. The fourth-order valence-electron chi connectivity index (χ4n) is 1.04. The van der Waals surface area contributed by atoms with E-state index in [-0.39, 0.29) is 0 Å². The molecular weight excluding hydrogens is 198 g/mol. The van der Waals surface area contributed by atoms with E-state index in [1.54, 1.807) is 30.3 Å². The average Bonchev–Trinajstić information content (AvgIpc) is 2.17. The molecule has 0 fully saturated rings. The van der Waals surface area contributed by atoms with Gasteiger partial charge in [0.2, 0.25) is 0 Å². The number of rotatable bonds is 4. The Balaban J connectivity index is 2.53. The lowest BCUT2D eigenvalue weighted by Gasteiger charge is -2.10. The monoisotopic (exact) mass is 209 g/mol. The van der Waals surface area contributed by atoms with Gasteiger partial charge in [0.15, 0.2) is 0 Å². The van der Waals surface area contributed by atoms with E-state index in [0.717, 1.165) is 0 Å². The van der Waals surface area contributed by atoms with E-state index in [4.69, 9.17) is 10.2 Å². The van der Waals surface area contributed by atoms with Crippen molar-refractivity contribution in [2.75, 3.05) is 0 Å². The SMILES string of the molecule is O=C(O)C[C@@H](O)NC(=O)c1ccccc1. The summed E-state index contributed by atoms with van der Waals surface area (Å²) in [6, 6.07) is 8.26. The van der Waals surface area contributed by atoms with Gasteiger partial charge in [-0.05, 0) is 12.1 Å². The van der Waals surface area contributed by atoms with Crippen LogP contribution in [0.4, 0.5) is 0 Å². The number of amides is 1. The third-order valence-corrected chi connectivity index (χ3v) is 1.70. The van der Waals surface area contributed by atoms with E-state index in [1.807, 2.05) is 0 Å². The fraction of sp³-hybridized carbons (Fsp3) is 0.200. The lowest BCUT2D eigenvalue weighted by Crippen LogP contribution is -2.36. The maximum Gasteiger partial charge on any atom is 0.307 e. The van der Waals surface area contributed by atoms with Crippen LogP contribution in [0.2, 0.25) is 0 Å². The summed E-state index contributed by atoms with van der Waals surface area (Å²) < 4.78 is 0. The Labute approximate surface area is 86.4 Å². The van der Waals surface area contributed by atoms with E-state index in [0.29, 0.717) is 5.56 Å². The number of carboxylic acids is 1. The molecule has 1 atom stereocenters. The molecule has 3 N–H and O–H groups in total. The van der Waals surface area contributed by atoms with Crippen molar-refractivity contribution >= 4 is 11.9 Å². The first-order valence-electron chi connectivity index (χ1n) is 4.35. The second-order valence-corrected chi connectivity index (χ2v) is 2.95. The molecule has 1 rings (SSSR count). The molecule has 0 spiro atoms. The normalized spacial score (nSPS) is 11.8. The van der Waals surface area contributed by atoms with Crippen LogP contribution < -0.4 is 5.32 Å². The molecule has 0 bridgehead atoms. The standard InChI is InChI=1S/C10H11NO4/c12-8(6-9(13)14)11-10(15)7-4-2-1-3-5-7/h1-5,8,12H,6H2,(H,11,15)(H,13,14)/t8-/m1/s1. The van der Waals surface area contributed by atoms with Crippen LogP contribution in [-0.2, 0) is 4.79 Å². The summed E-state index contributed by atoms with van der Waals surface area (Å²) in [5.74, 6) is -1.67. The third-order valence-electron chi connectivity index (χ3n) is 1.70. The molecule has 15 heavy (non-hydrogen) atoms. The summed E-state index contributed by atoms with van der Waals surface area (Å²) >= 11 is 0. The van der Waals surface area contributed by atoms with Crippen LogP contribution in [-0.4, -0.2) is 28.3 Å². The highest BCUT2D eigenvalue weighted by Gasteiger charge is 2.13. The van der Waals surface area contributed by atoms with Crippen molar-refractivity contribution in [3.05, 3.63) is 35.9 Å². The molecule has 0 radical (unpaired) electrons. The number of aliphatic hydroxyl groups excluding tert-OH is 1. The molecule has 0 aliphatic heterocycles. The van der Waals surface area contributed by atoms with Crippen molar-refractivity contribution < 1.29 is 19.8 Å². The summed E-state index contributed by atoms with van der Waals surface area (Å²) in [6.45, 7) is 0. The van der Waals surface area contributed by atoms with Crippen LogP contribution in [0.15, 0.2) is 30.3 Å². The van der Waals surface area contributed by atoms with Crippen molar-refractivity contribution in [2.24, 2.45) is 0 Å². The minimum absolute atomic E-state index is 0.377. The van der Waals surface area contributed by atoms with Gasteiger partial charge in [-0.1, -0.05) is 18.2 Å². The van der Waals surface area contributed by atoms with E-state index in [9.17, 15) is 9.59 Å². The van der Waals surface area contributed by atoms with Crippen LogP contribution in [0.25, 0.3) is 0 Å². The number of hydrogen-bond donors (Lipinski definition) is 3. The minimum atomic E-state index is -1.37. The number of aliphatic carboxylic acids is 1. The maximum absolute atomic E-state index is 11.4. The highest BCUT2D eigenvalue weighted by molar-refractivity contribution is 5.94. The predicted molar refractivity (Wildman–Crippen MR) is 52.2 cm³/mol. The average molecular weight is 209 g/mol. The minimum Gasteiger partial charge on any atom is -0.481 e. The van der Waals surface area contributed by atoms with Crippen LogP contribution >= 0.6 is 0 Å². The fourth-order valence-corrected chi connectivity index (χ4v) is 1.04. The Morgan fingerprint density at radius 3 is 2.40 bits per heavy atom. The molecule has 0 aliphatic rings. The first-order valence-corrected chi connectivity index (χ1v) is 4.35. The molecule has 0 unspecified atom stereocenters. The van der Waals surface area contributed by atoms with Crippen molar-refractivity contribution in [1.82, 2.24) is 5.32 Å². The van der Waals surface area contributed by atoms with Gasteiger partial charge in [0, 0.05) is 5.56 Å². The lowest BCUT2D eigenvalue weighted by atomic mass is 10.2. The van der Waals surface area contributed by atoms with Crippen molar-refractivity contribution in [2.45, 2.75) is 12.6 Å². The molecule has 5 nitrogen and oxygen atoms in total.